The summed E-state index contributed by atoms with van der Waals surface area (Å²) in [6.07, 6.45) is 97.4. The van der Waals surface area contributed by atoms with Crippen molar-refractivity contribution in [3.8, 4) is 0 Å². The standard InChI is InChI=1S/C76H126O6/c1-4-7-10-13-16-19-22-25-28-31-34-36-37-38-39-41-42-45-48-51-54-57-60-63-66-69-75(78)81-72-73(71-80-74(77)68-65-62-59-56-53-50-47-44-33-30-27-24-21-18-15-12-9-6-3)82-76(79)70-67-64-61-58-55-52-49-46-43-40-35-32-29-26-23-20-17-14-11-8-5-2/h7,10,16,19,21,23-26,28,30,32-36,38-39,42,45,51,54,73H,4-6,8-9,11-15,17-18,20,22,27,29,31,37,40-41,43-44,46-50,52-53,55-72H2,1-3H3/b10-7-,19-16-,24-21-,26-23-,28-25-,33-30-,35-32-,36-34-,39-38-,45-42-,54-51-. The first-order valence-electron chi connectivity index (χ1n) is 34.2. The Labute approximate surface area is 506 Å². The summed E-state index contributed by atoms with van der Waals surface area (Å²) < 4.78 is 16.9. The molecule has 82 heavy (non-hydrogen) atoms. The van der Waals surface area contributed by atoms with E-state index in [1.165, 1.54) is 141 Å². The maximum absolute atomic E-state index is 13.0. The van der Waals surface area contributed by atoms with Crippen molar-refractivity contribution in [3.63, 3.8) is 0 Å². The van der Waals surface area contributed by atoms with Crippen LogP contribution in [-0.2, 0) is 28.6 Å². The normalized spacial score (nSPS) is 13.0. The smallest absolute Gasteiger partial charge is 0.306 e. The lowest BCUT2D eigenvalue weighted by Gasteiger charge is -2.18. The van der Waals surface area contributed by atoms with Crippen molar-refractivity contribution in [3.05, 3.63) is 134 Å². The van der Waals surface area contributed by atoms with Crippen molar-refractivity contribution < 1.29 is 28.6 Å². The average molecular weight is 1140 g/mol. The topological polar surface area (TPSA) is 78.9 Å². The van der Waals surface area contributed by atoms with Crippen LogP contribution in [0.4, 0.5) is 0 Å². The van der Waals surface area contributed by atoms with Crippen LogP contribution in [0.15, 0.2) is 134 Å². The van der Waals surface area contributed by atoms with Gasteiger partial charge in [-0.1, -0.05) is 283 Å². The van der Waals surface area contributed by atoms with E-state index in [2.05, 4.69) is 154 Å². The molecule has 466 valence electrons. The number of hydrogen-bond acceptors (Lipinski definition) is 6. The summed E-state index contributed by atoms with van der Waals surface area (Å²) in [5.74, 6) is -0.937. The van der Waals surface area contributed by atoms with Crippen LogP contribution >= 0.6 is 0 Å². The molecule has 0 aliphatic rings. The van der Waals surface area contributed by atoms with Crippen molar-refractivity contribution in [2.45, 2.75) is 316 Å². The van der Waals surface area contributed by atoms with Gasteiger partial charge in [-0.25, -0.2) is 0 Å². The van der Waals surface area contributed by atoms with Gasteiger partial charge in [0.15, 0.2) is 6.10 Å². The molecule has 0 aromatic rings. The fourth-order valence-corrected chi connectivity index (χ4v) is 9.25. The third-order valence-corrected chi connectivity index (χ3v) is 14.4. The SMILES string of the molecule is CC/C=C\C/C=C\C/C=C\C/C=C\C/C=C\C/C=C\C/C=C\CCCCCC(=O)OCC(COC(=O)CCCCCCCCC/C=C\C/C=C\CCCCCC)OC(=O)CCCCCCCCCCC/C=C\C/C=C\CCCCCCC. The molecule has 1 unspecified atom stereocenters. The predicted molar refractivity (Wildman–Crippen MR) is 357 cm³/mol. The number of carbonyl (C=O) groups excluding carboxylic acids is 3. The van der Waals surface area contributed by atoms with Crippen LogP contribution in [0.3, 0.4) is 0 Å². The Morgan fingerprint density at radius 1 is 0.256 bits per heavy atom. The first-order valence-corrected chi connectivity index (χ1v) is 34.2. The second-order valence-electron chi connectivity index (χ2n) is 22.3. The van der Waals surface area contributed by atoms with Crippen molar-refractivity contribution in [2.75, 3.05) is 13.2 Å². The van der Waals surface area contributed by atoms with E-state index in [0.29, 0.717) is 19.3 Å². The van der Waals surface area contributed by atoms with Gasteiger partial charge in [-0.2, -0.15) is 0 Å². The Balaban J connectivity index is 4.48. The molecule has 0 spiro atoms. The molecule has 0 rings (SSSR count). The van der Waals surface area contributed by atoms with E-state index >= 15 is 0 Å². The van der Waals surface area contributed by atoms with Gasteiger partial charge < -0.3 is 14.2 Å². The average Bonchev–Trinajstić information content (AvgIpc) is 3.47. The number of ether oxygens (including phenoxy) is 3. The molecule has 0 aliphatic heterocycles. The van der Waals surface area contributed by atoms with Gasteiger partial charge in [0.25, 0.3) is 0 Å². The minimum absolute atomic E-state index is 0.0977. The lowest BCUT2D eigenvalue weighted by atomic mass is 10.1. The molecular formula is C76H126O6. The van der Waals surface area contributed by atoms with E-state index in [9.17, 15) is 14.4 Å². The van der Waals surface area contributed by atoms with Crippen molar-refractivity contribution >= 4 is 17.9 Å². The minimum atomic E-state index is -0.805. The maximum atomic E-state index is 13.0. The number of rotatable bonds is 61. The lowest BCUT2D eigenvalue weighted by molar-refractivity contribution is -0.167. The molecule has 0 amide bonds. The predicted octanol–water partition coefficient (Wildman–Crippen LogP) is 23.7. The number of hydrogen-bond donors (Lipinski definition) is 0. The summed E-state index contributed by atoms with van der Waals surface area (Å²) in [5.41, 5.74) is 0. The number of unbranched alkanes of at least 4 members (excludes halogenated alkanes) is 28. The quantitative estimate of drug-likeness (QED) is 0.0261. The van der Waals surface area contributed by atoms with Gasteiger partial charge in [-0.15, -0.1) is 0 Å². The first kappa shape index (κ1) is 77.5. The molecule has 0 aromatic heterocycles. The second kappa shape index (κ2) is 69.0. The highest BCUT2D eigenvalue weighted by Gasteiger charge is 2.19. The summed E-state index contributed by atoms with van der Waals surface area (Å²) in [7, 11) is 0. The van der Waals surface area contributed by atoms with Crippen LogP contribution in [0, 0.1) is 0 Å². The zero-order valence-electron chi connectivity index (χ0n) is 53.5. The van der Waals surface area contributed by atoms with E-state index < -0.39 is 6.10 Å². The molecule has 0 N–H and O–H groups in total. The van der Waals surface area contributed by atoms with Gasteiger partial charge in [0.2, 0.25) is 0 Å². The number of allylic oxidation sites excluding steroid dienone is 22. The van der Waals surface area contributed by atoms with E-state index in [1.807, 2.05) is 0 Å². The van der Waals surface area contributed by atoms with E-state index in [4.69, 9.17) is 14.2 Å². The third kappa shape index (κ3) is 66.4. The van der Waals surface area contributed by atoms with Crippen LogP contribution in [0.5, 0.6) is 0 Å². The fraction of sp³-hybridized carbons (Fsp3) is 0.671. The number of carbonyl (C=O) groups is 3. The number of esters is 3. The summed E-state index contributed by atoms with van der Waals surface area (Å²) >= 11 is 0. The Morgan fingerprint density at radius 3 is 0.768 bits per heavy atom. The molecule has 6 nitrogen and oxygen atoms in total. The molecule has 0 aromatic carbocycles. The summed E-state index contributed by atoms with van der Waals surface area (Å²) in [4.78, 5) is 38.5. The second-order valence-corrected chi connectivity index (χ2v) is 22.3. The van der Waals surface area contributed by atoms with Crippen molar-refractivity contribution in [2.24, 2.45) is 0 Å². The summed E-state index contributed by atoms with van der Waals surface area (Å²) in [6.45, 7) is 6.48. The van der Waals surface area contributed by atoms with Crippen molar-refractivity contribution in [1.29, 1.82) is 0 Å². The van der Waals surface area contributed by atoms with Crippen LogP contribution < -0.4 is 0 Å². The molecule has 0 aliphatic carbocycles. The Bertz CT molecular complexity index is 1730. The van der Waals surface area contributed by atoms with Crippen LogP contribution in [0.2, 0.25) is 0 Å². The third-order valence-electron chi connectivity index (χ3n) is 14.4. The fourth-order valence-electron chi connectivity index (χ4n) is 9.25. The van der Waals surface area contributed by atoms with E-state index in [0.717, 1.165) is 128 Å². The van der Waals surface area contributed by atoms with E-state index in [1.54, 1.807) is 0 Å². The summed E-state index contributed by atoms with van der Waals surface area (Å²) in [6, 6.07) is 0. The van der Waals surface area contributed by atoms with Crippen LogP contribution in [-0.4, -0.2) is 37.2 Å². The zero-order valence-corrected chi connectivity index (χ0v) is 53.5. The minimum Gasteiger partial charge on any atom is -0.462 e. The van der Waals surface area contributed by atoms with Crippen LogP contribution in [0.25, 0.3) is 0 Å². The molecule has 1 atom stereocenters. The molecule has 6 heteroatoms. The van der Waals surface area contributed by atoms with Crippen molar-refractivity contribution in [1.82, 2.24) is 0 Å². The van der Waals surface area contributed by atoms with Gasteiger partial charge in [0, 0.05) is 19.3 Å². The molecule has 0 heterocycles. The van der Waals surface area contributed by atoms with Gasteiger partial charge >= 0.3 is 17.9 Å². The lowest BCUT2D eigenvalue weighted by Crippen LogP contribution is -2.30. The van der Waals surface area contributed by atoms with Gasteiger partial charge in [-0.05, 0) is 141 Å². The highest BCUT2D eigenvalue weighted by atomic mass is 16.6. The molecule has 0 fully saturated rings. The molecule has 0 saturated heterocycles. The zero-order chi connectivity index (χ0) is 59.2. The molecule has 0 radical (unpaired) electrons. The molecule has 0 bridgehead atoms. The van der Waals surface area contributed by atoms with Crippen LogP contribution in [0.1, 0.15) is 310 Å². The van der Waals surface area contributed by atoms with E-state index in [-0.39, 0.29) is 31.1 Å². The highest BCUT2D eigenvalue weighted by Crippen LogP contribution is 2.15. The molecular weight excluding hydrogens is 1010 g/mol. The van der Waals surface area contributed by atoms with Gasteiger partial charge in [-0.3, -0.25) is 14.4 Å². The largest absolute Gasteiger partial charge is 0.462 e. The summed E-state index contributed by atoms with van der Waals surface area (Å²) in [5, 5.41) is 0. The van der Waals surface area contributed by atoms with Gasteiger partial charge in [0.1, 0.15) is 13.2 Å². The molecule has 0 saturated carbocycles. The Morgan fingerprint density at radius 2 is 0.476 bits per heavy atom. The highest BCUT2D eigenvalue weighted by molar-refractivity contribution is 5.71. The first-order chi connectivity index (χ1) is 40.5. The monoisotopic (exact) mass is 1130 g/mol. The maximum Gasteiger partial charge on any atom is 0.306 e. The Hall–Kier alpha value is -4.45. The van der Waals surface area contributed by atoms with Gasteiger partial charge in [0.05, 0.1) is 0 Å². The Kier molecular flexibility index (Phi) is 65.3.